The van der Waals surface area contributed by atoms with Gasteiger partial charge in [-0.25, -0.2) is 0 Å². The third-order valence-corrected chi connectivity index (χ3v) is 15.9. The summed E-state index contributed by atoms with van der Waals surface area (Å²) < 4.78 is 5.12. The molecule has 4 heterocycles. The van der Waals surface area contributed by atoms with Crippen LogP contribution in [0.25, 0.3) is 163 Å². The smallest absolute Gasteiger partial charge is 0.0626 e. The summed E-state index contributed by atoms with van der Waals surface area (Å²) in [4.78, 5) is 0. The summed E-state index contributed by atoms with van der Waals surface area (Å²) in [7, 11) is 0. The van der Waals surface area contributed by atoms with E-state index < -0.39 is 0 Å². The zero-order valence-electron chi connectivity index (χ0n) is 36.7. The summed E-state index contributed by atoms with van der Waals surface area (Å²) in [5.41, 5.74) is 12.6. The summed E-state index contributed by atoms with van der Waals surface area (Å²) in [6.07, 6.45) is 0. The lowest BCUT2D eigenvalue weighted by Gasteiger charge is -2.13. The number of rotatable bonds is 2. The summed E-state index contributed by atoms with van der Waals surface area (Å²) in [6, 6.07) is 82.4. The van der Waals surface area contributed by atoms with E-state index >= 15 is 0 Å². The molecule has 0 radical (unpaired) electrons. The number of nitrogens with zero attached hydrogens (tertiary/aromatic N) is 2. The van der Waals surface area contributed by atoms with Crippen LogP contribution in [0.2, 0.25) is 0 Å². The van der Waals surface area contributed by atoms with Crippen LogP contribution < -0.4 is 0 Å². The second kappa shape index (κ2) is 12.5. The minimum Gasteiger partial charge on any atom is -0.308 e. The Labute approximate surface area is 388 Å². The number of para-hydroxylation sites is 2. The number of benzene rings is 13. The topological polar surface area (TPSA) is 8.82 Å². The molecule has 4 aromatic heterocycles. The highest BCUT2D eigenvalue weighted by Gasteiger charge is 2.25. The standard InChI is InChI=1S/C66H36N2/c1-3-17-45-41(13-1)43-15-5-7-19-47(43)55-33-37(25-27-49(45)55)39-29-31-51-57-35-62-58(36-61(57)67-59-23-11-9-21-53(59)63(39)65(51)67)52-32-30-40(64-54-22-10-12-24-60(54)68(62)66(52)64)38-26-28-50-46-18-4-2-14-42(46)44-16-6-8-20-48(44)56(50)34-38/h1-36H. The summed E-state index contributed by atoms with van der Waals surface area (Å²) >= 11 is 0. The van der Waals surface area contributed by atoms with Crippen LogP contribution in [-0.4, -0.2) is 8.80 Å². The highest BCUT2D eigenvalue weighted by atomic mass is 14.9. The highest BCUT2D eigenvalue weighted by molar-refractivity contribution is 6.33. The van der Waals surface area contributed by atoms with E-state index in [0.29, 0.717) is 0 Å². The average molecular weight is 857 g/mol. The lowest BCUT2D eigenvalue weighted by molar-refractivity contribution is 1.36. The Morgan fingerprint density at radius 1 is 0.191 bits per heavy atom. The van der Waals surface area contributed by atoms with Gasteiger partial charge < -0.3 is 8.80 Å². The van der Waals surface area contributed by atoms with Crippen molar-refractivity contribution in [2.24, 2.45) is 0 Å². The number of hydrogen-bond donors (Lipinski definition) is 0. The third-order valence-electron chi connectivity index (χ3n) is 15.9. The van der Waals surface area contributed by atoms with Gasteiger partial charge in [-0.15, -0.1) is 0 Å². The van der Waals surface area contributed by atoms with Gasteiger partial charge in [0, 0.05) is 43.1 Å². The summed E-state index contributed by atoms with van der Waals surface area (Å²) in [6.45, 7) is 0. The third kappa shape index (κ3) is 4.26. The Morgan fingerprint density at radius 3 is 0.853 bits per heavy atom. The largest absolute Gasteiger partial charge is 0.308 e. The molecule has 0 fully saturated rings. The van der Waals surface area contributed by atoms with Gasteiger partial charge in [-0.05, 0) is 123 Å². The van der Waals surface area contributed by atoms with Crippen molar-refractivity contribution in [3.8, 4) is 22.3 Å². The Hall–Kier alpha value is -8.98. The number of fused-ring (bicyclic) bond motifs is 24. The van der Waals surface area contributed by atoms with Crippen molar-refractivity contribution in [2.75, 3.05) is 0 Å². The lowest BCUT2D eigenvalue weighted by Crippen LogP contribution is -1.86. The second-order valence-corrected chi connectivity index (χ2v) is 19.1. The first-order chi connectivity index (χ1) is 33.8. The Bertz CT molecular complexity index is 4690. The minimum atomic E-state index is 1.24. The molecule has 0 saturated heterocycles. The molecule has 13 aromatic carbocycles. The first-order valence-electron chi connectivity index (χ1n) is 23.8. The maximum Gasteiger partial charge on any atom is 0.0626 e. The maximum absolute atomic E-state index is 2.56. The van der Waals surface area contributed by atoms with Gasteiger partial charge in [0.25, 0.3) is 0 Å². The number of aromatic nitrogens is 2. The van der Waals surface area contributed by atoms with Crippen LogP contribution in [0.15, 0.2) is 218 Å². The molecule has 0 spiro atoms. The van der Waals surface area contributed by atoms with Crippen molar-refractivity contribution >= 4 is 141 Å². The molecule has 2 heteroatoms. The van der Waals surface area contributed by atoms with E-state index in [4.69, 9.17) is 0 Å². The van der Waals surface area contributed by atoms with E-state index in [9.17, 15) is 0 Å². The molecule has 0 aliphatic heterocycles. The van der Waals surface area contributed by atoms with E-state index in [1.807, 2.05) is 0 Å². The predicted octanol–water partition coefficient (Wildman–Crippen LogP) is 18.2. The molecule has 310 valence electrons. The van der Waals surface area contributed by atoms with Gasteiger partial charge in [0.1, 0.15) is 0 Å². The zero-order valence-corrected chi connectivity index (χ0v) is 36.7. The molecular formula is C66H36N2. The van der Waals surface area contributed by atoms with Crippen molar-refractivity contribution in [3.63, 3.8) is 0 Å². The van der Waals surface area contributed by atoms with Gasteiger partial charge in [-0.1, -0.05) is 182 Å². The normalized spacial score (nSPS) is 12.7. The van der Waals surface area contributed by atoms with Crippen molar-refractivity contribution < 1.29 is 0 Å². The van der Waals surface area contributed by atoms with E-state index in [-0.39, 0.29) is 0 Å². The molecule has 0 aliphatic rings. The maximum atomic E-state index is 2.56. The molecule has 2 nitrogen and oxygen atoms in total. The van der Waals surface area contributed by atoms with Gasteiger partial charge in [0.2, 0.25) is 0 Å². The van der Waals surface area contributed by atoms with Gasteiger partial charge in [0.15, 0.2) is 0 Å². The molecule has 0 amide bonds. The quantitative estimate of drug-likeness (QED) is 0.153. The van der Waals surface area contributed by atoms with Gasteiger partial charge in [-0.3, -0.25) is 0 Å². The summed E-state index contributed by atoms with van der Waals surface area (Å²) in [5, 5.41) is 25.9. The molecule has 68 heavy (non-hydrogen) atoms. The minimum absolute atomic E-state index is 1.24. The summed E-state index contributed by atoms with van der Waals surface area (Å²) in [5.74, 6) is 0. The van der Waals surface area contributed by atoms with Crippen LogP contribution in [0.3, 0.4) is 0 Å². The van der Waals surface area contributed by atoms with Crippen LogP contribution in [-0.2, 0) is 0 Å². The lowest BCUT2D eigenvalue weighted by atomic mass is 9.90. The molecule has 0 bridgehead atoms. The van der Waals surface area contributed by atoms with Gasteiger partial charge >= 0.3 is 0 Å². The molecule has 0 N–H and O–H groups in total. The molecule has 0 atom stereocenters. The van der Waals surface area contributed by atoms with Crippen LogP contribution >= 0.6 is 0 Å². The first kappa shape index (κ1) is 35.3. The van der Waals surface area contributed by atoms with Crippen LogP contribution in [0, 0.1) is 0 Å². The van der Waals surface area contributed by atoms with Crippen LogP contribution in [0.5, 0.6) is 0 Å². The van der Waals surface area contributed by atoms with Gasteiger partial charge in [0.05, 0.1) is 33.1 Å². The average Bonchev–Trinajstić information content (AvgIpc) is 4.14. The highest BCUT2D eigenvalue weighted by Crippen LogP contribution is 2.49. The molecule has 0 unspecified atom stereocenters. The van der Waals surface area contributed by atoms with E-state index in [1.165, 1.54) is 163 Å². The number of hydrogen-bond acceptors (Lipinski definition) is 0. The first-order valence-corrected chi connectivity index (χ1v) is 23.8. The van der Waals surface area contributed by atoms with Crippen LogP contribution in [0.4, 0.5) is 0 Å². The predicted molar refractivity (Wildman–Crippen MR) is 292 cm³/mol. The molecule has 0 saturated carbocycles. The van der Waals surface area contributed by atoms with Crippen LogP contribution in [0.1, 0.15) is 0 Å². The van der Waals surface area contributed by atoms with E-state index in [0.717, 1.165) is 0 Å². The van der Waals surface area contributed by atoms with E-state index in [1.54, 1.807) is 0 Å². The molecule has 0 aliphatic carbocycles. The monoisotopic (exact) mass is 856 g/mol. The van der Waals surface area contributed by atoms with Gasteiger partial charge in [-0.2, -0.15) is 0 Å². The zero-order chi connectivity index (χ0) is 43.9. The Kier molecular flexibility index (Phi) is 6.47. The fourth-order valence-electron chi connectivity index (χ4n) is 13.1. The Balaban J connectivity index is 0.933. The van der Waals surface area contributed by atoms with Crippen molar-refractivity contribution in [1.82, 2.24) is 8.80 Å². The van der Waals surface area contributed by atoms with E-state index in [2.05, 4.69) is 227 Å². The fraction of sp³-hybridized carbons (Fsp3) is 0. The molecular weight excluding hydrogens is 821 g/mol. The van der Waals surface area contributed by atoms with Crippen molar-refractivity contribution in [3.05, 3.63) is 218 Å². The molecule has 17 rings (SSSR count). The van der Waals surface area contributed by atoms with Crippen molar-refractivity contribution in [1.29, 1.82) is 0 Å². The fourth-order valence-corrected chi connectivity index (χ4v) is 13.1. The second-order valence-electron chi connectivity index (χ2n) is 19.1. The Morgan fingerprint density at radius 2 is 0.485 bits per heavy atom. The van der Waals surface area contributed by atoms with Crippen molar-refractivity contribution in [2.45, 2.75) is 0 Å². The SMILES string of the molecule is c1ccc2c(c1)c1ccccc1c1cc(-c3ccc4c5cc6c(cc5n5c7ccccc7c3c45)c3ccc(-c4ccc5c7ccccc7c7ccccc7c5c4)c4c5ccccc5n6c34)ccc21. The molecule has 17 aromatic rings.